The summed E-state index contributed by atoms with van der Waals surface area (Å²) in [6.45, 7) is 7.52. The summed E-state index contributed by atoms with van der Waals surface area (Å²) in [7, 11) is 0. The van der Waals surface area contributed by atoms with Crippen molar-refractivity contribution in [2.24, 2.45) is 0 Å². The smallest absolute Gasteiger partial charge is 0.255 e. The number of carbonyl (C=O) groups is 1. The second-order valence-corrected chi connectivity index (χ2v) is 7.05. The molecule has 0 unspecified atom stereocenters. The first-order valence-electron chi connectivity index (χ1n) is 9.61. The van der Waals surface area contributed by atoms with Gasteiger partial charge in [0.2, 0.25) is 0 Å². The van der Waals surface area contributed by atoms with E-state index in [1.165, 1.54) is 38.9 Å². The molecule has 1 heterocycles. The quantitative estimate of drug-likeness (QED) is 0.711. The Morgan fingerprint density at radius 3 is 2.69 bits per heavy atom. The van der Waals surface area contributed by atoms with E-state index in [0.717, 1.165) is 29.9 Å². The van der Waals surface area contributed by atoms with Crippen LogP contribution in [0.2, 0.25) is 0 Å². The molecule has 0 radical (unpaired) electrons. The average Bonchev–Trinajstić information content (AvgIpc) is 3.17. The van der Waals surface area contributed by atoms with Gasteiger partial charge in [-0.3, -0.25) is 4.79 Å². The SMILES string of the molecule is Cc1ccccc1NC(=O)c1cccc(CNCCCN2CCCC2)c1. The predicted molar refractivity (Wildman–Crippen MR) is 108 cm³/mol. The van der Waals surface area contributed by atoms with Gasteiger partial charge in [0.15, 0.2) is 0 Å². The first kappa shape index (κ1) is 18.6. The number of amides is 1. The number of aryl methyl sites for hydroxylation is 1. The molecule has 2 aromatic rings. The second-order valence-electron chi connectivity index (χ2n) is 7.05. The Labute approximate surface area is 156 Å². The van der Waals surface area contributed by atoms with E-state index in [4.69, 9.17) is 0 Å². The summed E-state index contributed by atoms with van der Waals surface area (Å²) in [5.74, 6) is -0.0600. The summed E-state index contributed by atoms with van der Waals surface area (Å²) >= 11 is 0. The molecule has 4 nitrogen and oxygen atoms in total. The topological polar surface area (TPSA) is 44.4 Å². The fourth-order valence-electron chi connectivity index (χ4n) is 3.40. The van der Waals surface area contributed by atoms with Crippen LogP contribution in [0.15, 0.2) is 48.5 Å². The normalized spacial score (nSPS) is 14.5. The van der Waals surface area contributed by atoms with Crippen LogP contribution in [0.4, 0.5) is 5.69 Å². The molecule has 2 N–H and O–H groups in total. The standard InChI is InChI=1S/C22H29N3O/c1-18-8-2-3-11-21(18)24-22(26)20-10-6-9-19(16-20)17-23-12-7-15-25-13-4-5-14-25/h2-3,6,8-11,16,23H,4-5,7,12-15,17H2,1H3,(H,24,26). The highest BCUT2D eigenvalue weighted by molar-refractivity contribution is 6.04. The van der Waals surface area contributed by atoms with Gasteiger partial charge in [-0.25, -0.2) is 0 Å². The molecule has 0 aliphatic carbocycles. The van der Waals surface area contributed by atoms with Crippen LogP contribution in [-0.4, -0.2) is 37.0 Å². The number of hydrogen-bond acceptors (Lipinski definition) is 3. The third-order valence-electron chi connectivity index (χ3n) is 4.94. The van der Waals surface area contributed by atoms with Gasteiger partial charge >= 0.3 is 0 Å². The van der Waals surface area contributed by atoms with Gasteiger partial charge in [-0.1, -0.05) is 30.3 Å². The first-order valence-corrected chi connectivity index (χ1v) is 9.61. The van der Waals surface area contributed by atoms with Crippen molar-refractivity contribution in [3.8, 4) is 0 Å². The van der Waals surface area contributed by atoms with E-state index in [1.807, 2.05) is 49.4 Å². The Balaban J connectivity index is 1.46. The highest BCUT2D eigenvalue weighted by Crippen LogP contribution is 2.15. The summed E-state index contributed by atoms with van der Waals surface area (Å²) in [5.41, 5.74) is 3.77. The van der Waals surface area contributed by atoms with Crippen LogP contribution in [0.3, 0.4) is 0 Å². The summed E-state index contributed by atoms with van der Waals surface area (Å²) < 4.78 is 0. The highest BCUT2D eigenvalue weighted by atomic mass is 16.1. The van der Waals surface area contributed by atoms with Crippen LogP contribution in [0, 0.1) is 6.92 Å². The van der Waals surface area contributed by atoms with Gasteiger partial charge in [-0.05, 0) is 81.7 Å². The monoisotopic (exact) mass is 351 g/mol. The summed E-state index contributed by atoms with van der Waals surface area (Å²) in [4.78, 5) is 15.0. The third-order valence-corrected chi connectivity index (χ3v) is 4.94. The molecule has 1 aliphatic rings. The Morgan fingerprint density at radius 2 is 1.88 bits per heavy atom. The molecule has 0 atom stereocenters. The van der Waals surface area contributed by atoms with Crippen LogP contribution in [0.5, 0.6) is 0 Å². The van der Waals surface area contributed by atoms with Crippen molar-refractivity contribution in [2.45, 2.75) is 32.7 Å². The van der Waals surface area contributed by atoms with Gasteiger partial charge in [-0.2, -0.15) is 0 Å². The molecule has 1 aliphatic heterocycles. The van der Waals surface area contributed by atoms with E-state index in [2.05, 4.69) is 21.6 Å². The number of benzene rings is 2. The van der Waals surface area contributed by atoms with Crippen LogP contribution >= 0.6 is 0 Å². The molecular formula is C22H29N3O. The van der Waals surface area contributed by atoms with Gasteiger partial charge in [0, 0.05) is 17.8 Å². The van der Waals surface area contributed by atoms with Crippen LogP contribution in [0.25, 0.3) is 0 Å². The minimum absolute atomic E-state index is 0.0600. The molecule has 1 amide bonds. The zero-order chi connectivity index (χ0) is 18.2. The largest absolute Gasteiger partial charge is 0.322 e. The third kappa shape index (κ3) is 5.41. The van der Waals surface area contributed by atoms with E-state index < -0.39 is 0 Å². The Morgan fingerprint density at radius 1 is 1.08 bits per heavy atom. The molecule has 1 saturated heterocycles. The van der Waals surface area contributed by atoms with Crippen molar-refractivity contribution < 1.29 is 4.79 Å². The molecule has 0 spiro atoms. The fourth-order valence-corrected chi connectivity index (χ4v) is 3.40. The average molecular weight is 351 g/mol. The lowest BCUT2D eigenvalue weighted by Gasteiger charge is -2.14. The number of likely N-dealkylation sites (tertiary alicyclic amines) is 1. The predicted octanol–water partition coefficient (Wildman–Crippen LogP) is 3.82. The number of nitrogens with one attached hydrogen (secondary N) is 2. The lowest BCUT2D eigenvalue weighted by atomic mass is 10.1. The summed E-state index contributed by atoms with van der Waals surface area (Å²) in [5, 5.41) is 6.49. The Hall–Kier alpha value is -2.17. The van der Waals surface area contributed by atoms with Gasteiger partial charge in [-0.15, -0.1) is 0 Å². The van der Waals surface area contributed by atoms with E-state index >= 15 is 0 Å². The van der Waals surface area contributed by atoms with Crippen molar-refractivity contribution >= 4 is 11.6 Å². The van der Waals surface area contributed by atoms with E-state index in [0.29, 0.717) is 5.56 Å². The molecule has 0 bridgehead atoms. The second kappa shape index (κ2) is 9.51. The number of para-hydroxylation sites is 1. The van der Waals surface area contributed by atoms with Crippen molar-refractivity contribution in [3.05, 3.63) is 65.2 Å². The zero-order valence-electron chi connectivity index (χ0n) is 15.6. The van der Waals surface area contributed by atoms with E-state index in [-0.39, 0.29) is 5.91 Å². The summed E-state index contributed by atoms with van der Waals surface area (Å²) in [6, 6.07) is 15.7. The van der Waals surface area contributed by atoms with Crippen molar-refractivity contribution in [1.29, 1.82) is 0 Å². The van der Waals surface area contributed by atoms with Crippen LogP contribution < -0.4 is 10.6 Å². The van der Waals surface area contributed by atoms with Gasteiger partial charge in [0.05, 0.1) is 0 Å². The maximum absolute atomic E-state index is 12.5. The van der Waals surface area contributed by atoms with Crippen molar-refractivity contribution in [2.75, 3.05) is 31.5 Å². The number of carbonyl (C=O) groups excluding carboxylic acids is 1. The number of anilines is 1. The number of nitrogens with zero attached hydrogens (tertiary/aromatic N) is 1. The molecule has 2 aromatic carbocycles. The van der Waals surface area contributed by atoms with Crippen LogP contribution in [-0.2, 0) is 6.54 Å². The van der Waals surface area contributed by atoms with Gasteiger partial charge < -0.3 is 15.5 Å². The molecule has 3 rings (SSSR count). The lowest BCUT2D eigenvalue weighted by Crippen LogP contribution is -2.24. The minimum atomic E-state index is -0.0600. The molecule has 4 heteroatoms. The zero-order valence-corrected chi connectivity index (χ0v) is 15.6. The maximum Gasteiger partial charge on any atom is 0.255 e. The van der Waals surface area contributed by atoms with Crippen molar-refractivity contribution in [3.63, 3.8) is 0 Å². The maximum atomic E-state index is 12.5. The molecule has 138 valence electrons. The lowest BCUT2D eigenvalue weighted by molar-refractivity contribution is 0.102. The van der Waals surface area contributed by atoms with Crippen LogP contribution in [0.1, 0.15) is 40.7 Å². The minimum Gasteiger partial charge on any atom is -0.322 e. The van der Waals surface area contributed by atoms with E-state index in [9.17, 15) is 4.79 Å². The molecular weight excluding hydrogens is 322 g/mol. The van der Waals surface area contributed by atoms with Gasteiger partial charge in [0.25, 0.3) is 5.91 Å². The van der Waals surface area contributed by atoms with E-state index in [1.54, 1.807) is 0 Å². The molecule has 0 saturated carbocycles. The number of rotatable bonds is 8. The summed E-state index contributed by atoms with van der Waals surface area (Å²) in [6.07, 6.45) is 3.88. The molecule has 0 aromatic heterocycles. The Bertz CT molecular complexity index is 723. The highest BCUT2D eigenvalue weighted by Gasteiger charge is 2.10. The fraction of sp³-hybridized carbons (Fsp3) is 0.409. The van der Waals surface area contributed by atoms with Crippen molar-refractivity contribution in [1.82, 2.24) is 10.2 Å². The first-order chi connectivity index (χ1) is 12.7. The molecule has 1 fully saturated rings. The van der Waals surface area contributed by atoms with Gasteiger partial charge in [0.1, 0.15) is 0 Å². The Kier molecular flexibility index (Phi) is 6.81. The number of hydrogen-bond donors (Lipinski definition) is 2. The molecule has 26 heavy (non-hydrogen) atoms.